The van der Waals surface area contributed by atoms with Crippen LogP contribution in [0.5, 0.6) is 0 Å². The van der Waals surface area contributed by atoms with Crippen LogP contribution < -0.4 is 15.5 Å². The molecule has 2 N–H and O–H groups in total. The summed E-state index contributed by atoms with van der Waals surface area (Å²) in [6.45, 7) is 2.09. The lowest BCUT2D eigenvalue weighted by Crippen LogP contribution is -2.49. The van der Waals surface area contributed by atoms with E-state index in [0.29, 0.717) is 11.4 Å². The molecule has 0 bridgehead atoms. The molecule has 156 valence electrons. The van der Waals surface area contributed by atoms with Gasteiger partial charge in [-0.05, 0) is 13.0 Å². The number of hydrogen-bond donors (Lipinski definition) is 2. The van der Waals surface area contributed by atoms with Crippen LogP contribution >= 0.6 is 0 Å². The summed E-state index contributed by atoms with van der Waals surface area (Å²) in [5.41, 5.74) is 2.95. The van der Waals surface area contributed by atoms with Gasteiger partial charge >= 0.3 is 12.0 Å². The molecule has 1 unspecified atom stereocenters. The first-order valence-corrected chi connectivity index (χ1v) is 9.71. The van der Waals surface area contributed by atoms with Gasteiger partial charge in [-0.25, -0.2) is 9.79 Å². The van der Waals surface area contributed by atoms with Gasteiger partial charge in [0.2, 0.25) is 6.17 Å². The molecule has 1 aliphatic rings. The Morgan fingerprint density at radius 2 is 1.80 bits per heavy atom. The minimum absolute atomic E-state index is 0.0454. The molecular formula is C22H24N4O4. The number of hydrogen-bond acceptors (Lipinski definition) is 5. The van der Waals surface area contributed by atoms with Crippen LogP contribution in [0.25, 0.3) is 0 Å². The molecule has 2 aromatic carbocycles. The third-order valence-electron chi connectivity index (χ3n) is 4.58. The van der Waals surface area contributed by atoms with Crippen LogP contribution in [-0.4, -0.2) is 50.0 Å². The number of benzodiazepines with no additional fused rings is 1. The SMILES string of the molecule is CCOC(=O)CCNC(=O)NC1N=C(c2ccccc2)c2ccccc2N(C)C1=O. The summed E-state index contributed by atoms with van der Waals surface area (Å²) in [5.74, 6) is -0.767. The Morgan fingerprint density at radius 1 is 1.10 bits per heavy atom. The zero-order valence-corrected chi connectivity index (χ0v) is 16.9. The van der Waals surface area contributed by atoms with Gasteiger partial charge in [-0.2, -0.15) is 0 Å². The zero-order chi connectivity index (χ0) is 21.5. The van der Waals surface area contributed by atoms with Crippen molar-refractivity contribution < 1.29 is 19.1 Å². The lowest BCUT2D eigenvalue weighted by molar-refractivity contribution is -0.142. The lowest BCUT2D eigenvalue weighted by Gasteiger charge is -2.21. The summed E-state index contributed by atoms with van der Waals surface area (Å²) in [6.07, 6.45) is -1.07. The predicted molar refractivity (Wildman–Crippen MR) is 114 cm³/mol. The van der Waals surface area contributed by atoms with E-state index in [-0.39, 0.29) is 25.5 Å². The highest BCUT2D eigenvalue weighted by Crippen LogP contribution is 2.26. The van der Waals surface area contributed by atoms with Crippen molar-refractivity contribution in [2.24, 2.45) is 4.99 Å². The molecule has 0 radical (unpaired) electrons. The normalized spacial score (nSPS) is 15.5. The number of esters is 1. The van der Waals surface area contributed by atoms with Crippen LogP contribution in [0.4, 0.5) is 10.5 Å². The number of nitrogens with zero attached hydrogens (tertiary/aromatic N) is 2. The number of para-hydroxylation sites is 1. The number of nitrogens with one attached hydrogen (secondary N) is 2. The third-order valence-corrected chi connectivity index (χ3v) is 4.58. The summed E-state index contributed by atoms with van der Waals surface area (Å²) < 4.78 is 4.83. The van der Waals surface area contributed by atoms with Crippen LogP contribution in [0.3, 0.4) is 0 Å². The maximum Gasteiger partial charge on any atom is 0.316 e. The van der Waals surface area contributed by atoms with Gasteiger partial charge < -0.3 is 20.3 Å². The summed E-state index contributed by atoms with van der Waals surface area (Å²) in [6, 6.07) is 16.4. The molecule has 3 amide bonds. The number of urea groups is 1. The number of fused-ring (bicyclic) bond motifs is 1. The second-order valence-corrected chi connectivity index (χ2v) is 6.62. The van der Waals surface area contributed by atoms with E-state index in [2.05, 4.69) is 15.6 Å². The standard InChI is InChI=1S/C22H24N4O4/c1-3-30-18(27)13-14-23-22(29)25-20-21(28)26(2)17-12-8-7-11-16(17)19(24-20)15-9-5-4-6-10-15/h4-12,20H,3,13-14H2,1-2H3,(H2,23,25,29). The van der Waals surface area contributed by atoms with Crippen molar-refractivity contribution in [2.45, 2.75) is 19.5 Å². The number of rotatable bonds is 6. The van der Waals surface area contributed by atoms with Gasteiger partial charge in [0.1, 0.15) is 0 Å². The fourth-order valence-electron chi connectivity index (χ4n) is 3.13. The quantitative estimate of drug-likeness (QED) is 0.715. The van der Waals surface area contributed by atoms with E-state index in [1.165, 1.54) is 4.90 Å². The highest BCUT2D eigenvalue weighted by atomic mass is 16.5. The maximum absolute atomic E-state index is 13.0. The monoisotopic (exact) mass is 408 g/mol. The van der Waals surface area contributed by atoms with Crippen molar-refractivity contribution in [3.05, 3.63) is 65.7 Å². The van der Waals surface area contributed by atoms with Gasteiger partial charge in [-0.3, -0.25) is 9.59 Å². The fraction of sp³-hybridized carbons (Fsp3) is 0.273. The Hall–Kier alpha value is -3.68. The molecule has 0 aliphatic carbocycles. The van der Waals surface area contributed by atoms with Crippen molar-refractivity contribution in [3.63, 3.8) is 0 Å². The average molecular weight is 408 g/mol. The maximum atomic E-state index is 13.0. The number of benzene rings is 2. The van der Waals surface area contributed by atoms with E-state index in [0.717, 1.165) is 11.1 Å². The van der Waals surface area contributed by atoms with E-state index >= 15 is 0 Å². The number of carbonyl (C=O) groups excluding carboxylic acids is 3. The van der Waals surface area contributed by atoms with Crippen molar-refractivity contribution >= 4 is 29.3 Å². The number of amides is 3. The summed E-state index contributed by atoms with van der Waals surface area (Å²) in [7, 11) is 1.65. The highest BCUT2D eigenvalue weighted by Gasteiger charge is 2.30. The first kappa shape index (κ1) is 21.0. The predicted octanol–water partition coefficient (Wildman–Crippen LogP) is 2.08. The van der Waals surface area contributed by atoms with Gasteiger partial charge in [0.25, 0.3) is 5.91 Å². The molecule has 1 atom stereocenters. The van der Waals surface area contributed by atoms with Gasteiger partial charge in [-0.1, -0.05) is 48.5 Å². The molecule has 0 spiro atoms. The largest absolute Gasteiger partial charge is 0.466 e. The second kappa shape index (κ2) is 9.69. The number of aliphatic imine (C=N–C) groups is 1. The highest BCUT2D eigenvalue weighted by molar-refractivity contribution is 6.20. The molecule has 8 nitrogen and oxygen atoms in total. The second-order valence-electron chi connectivity index (χ2n) is 6.62. The molecule has 1 aliphatic heterocycles. The first-order valence-electron chi connectivity index (χ1n) is 9.71. The van der Waals surface area contributed by atoms with E-state index in [4.69, 9.17) is 4.74 Å². The lowest BCUT2D eigenvalue weighted by atomic mass is 10.0. The number of anilines is 1. The Bertz CT molecular complexity index is 959. The van der Waals surface area contributed by atoms with Crippen LogP contribution in [0.15, 0.2) is 59.6 Å². The minimum Gasteiger partial charge on any atom is -0.466 e. The minimum atomic E-state index is -1.11. The Balaban J connectivity index is 1.83. The number of likely N-dealkylation sites (N-methyl/N-ethyl adjacent to an activating group) is 1. The first-order chi connectivity index (χ1) is 14.5. The van der Waals surface area contributed by atoms with Crippen molar-refractivity contribution in [2.75, 3.05) is 25.1 Å². The zero-order valence-electron chi connectivity index (χ0n) is 16.9. The summed E-state index contributed by atoms with van der Waals surface area (Å²) in [5, 5.41) is 5.16. The van der Waals surface area contributed by atoms with Crippen LogP contribution in [0.2, 0.25) is 0 Å². The third kappa shape index (κ3) is 4.83. The van der Waals surface area contributed by atoms with Crippen LogP contribution in [0, 0.1) is 0 Å². The Kier molecular flexibility index (Phi) is 6.79. The number of carbonyl (C=O) groups is 3. The van der Waals surface area contributed by atoms with Crippen LogP contribution in [0.1, 0.15) is 24.5 Å². The Labute approximate surface area is 174 Å². The van der Waals surface area contributed by atoms with Gasteiger partial charge in [-0.15, -0.1) is 0 Å². The number of ether oxygens (including phenoxy) is 1. The molecule has 0 saturated carbocycles. The fourth-order valence-corrected chi connectivity index (χ4v) is 3.13. The van der Waals surface area contributed by atoms with Gasteiger partial charge in [0, 0.05) is 24.7 Å². The van der Waals surface area contributed by atoms with E-state index in [9.17, 15) is 14.4 Å². The van der Waals surface area contributed by atoms with Crippen molar-refractivity contribution in [3.8, 4) is 0 Å². The molecule has 0 saturated heterocycles. The van der Waals surface area contributed by atoms with E-state index in [1.807, 2.05) is 54.6 Å². The molecule has 30 heavy (non-hydrogen) atoms. The molecule has 0 aromatic heterocycles. The topological polar surface area (TPSA) is 100 Å². The molecule has 0 fully saturated rings. The van der Waals surface area contributed by atoms with Crippen LogP contribution in [-0.2, 0) is 14.3 Å². The molecule has 3 rings (SSSR count). The Morgan fingerprint density at radius 3 is 2.53 bits per heavy atom. The molecule has 1 heterocycles. The summed E-state index contributed by atoms with van der Waals surface area (Å²) in [4.78, 5) is 42.8. The van der Waals surface area contributed by atoms with E-state index in [1.54, 1.807) is 14.0 Å². The molecule has 2 aromatic rings. The van der Waals surface area contributed by atoms with E-state index < -0.39 is 18.2 Å². The summed E-state index contributed by atoms with van der Waals surface area (Å²) >= 11 is 0. The van der Waals surface area contributed by atoms with Crippen molar-refractivity contribution in [1.82, 2.24) is 10.6 Å². The molecular weight excluding hydrogens is 384 g/mol. The molecule has 8 heteroatoms. The smallest absolute Gasteiger partial charge is 0.316 e. The van der Waals surface area contributed by atoms with Gasteiger partial charge in [0.05, 0.1) is 24.4 Å². The van der Waals surface area contributed by atoms with Crippen molar-refractivity contribution in [1.29, 1.82) is 0 Å². The van der Waals surface area contributed by atoms with Gasteiger partial charge in [0.15, 0.2) is 0 Å². The average Bonchev–Trinajstić information content (AvgIpc) is 2.85.